The van der Waals surface area contributed by atoms with E-state index in [0.29, 0.717) is 30.4 Å². The molecule has 1 aliphatic rings. The van der Waals surface area contributed by atoms with Crippen LogP contribution in [0.5, 0.6) is 5.75 Å². The van der Waals surface area contributed by atoms with Crippen LogP contribution in [0.2, 0.25) is 0 Å². The van der Waals surface area contributed by atoms with Crippen molar-refractivity contribution in [3.63, 3.8) is 0 Å². The fourth-order valence-corrected chi connectivity index (χ4v) is 4.21. The van der Waals surface area contributed by atoms with E-state index in [0.717, 1.165) is 47.4 Å². The summed E-state index contributed by atoms with van der Waals surface area (Å²) in [6, 6.07) is 15.7. The van der Waals surface area contributed by atoms with Crippen LogP contribution in [0.1, 0.15) is 30.9 Å². The van der Waals surface area contributed by atoms with Gasteiger partial charge in [0.2, 0.25) is 0 Å². The maximum absolute atomic E-state index is 12.8. The molecule has 0 aliphatic carbocycles. The molecule has 4 rings (SSSR count). The third-order valence-corrected chi connectivity index (χ3v) is 5.95. The highest BCUT2D eigenvalue weighted by Crippen LogP contribution is 2.20. The average Bonchev–Trinajstić information content (AvgIpc) is 3.29. The molecule has 1 aromatic heterocycles. The second-order valence-electron chi connectivity index (χ2n) is 8.12. The number of fused-ring (bicyclic) bond motifs is 1. The number of aromatic amines is 1. The van der Waals surface area contributed by atoms with Crippen molar-refractivity contribution in [3.05, 3.63) is 70.0 Å². The number of hydrogen-bond acceptors (Lipinski definition) is 4. The third kappa shape index (κ3) is 5.47. The summed E-state index contributed by atoms with van der Waals surface area (Å²) in [5.74, 6) is 0.818. The van der Waals surface area contributed by atoms with Crippen LogP contribution in [-0.2, 0) is 11.3 Å². The van der Waals surface area contributed by atoms with E-state index >= 15 is 0 Å². The predicted octanol–water partition coefficient (Wildman–Crippen LogP) is 4.61. The second kappa shape index (κ2) is 10.1. The van der Waals surface area contributed by atoms with E-state index in [9.17, 15) is 4.79 Å². The molecule has 1 saturated heterocycles. The van der Waals surface area contributed by atoms with Gasteiger partial charge < -0.3 is 24.7 Å². The van der Waals surface area contributed by atoms with Crippen molar-refractivity contribution in [3.8, 4) is 5.75 Å². The molecule has 0 bridgehead atoms. The van der Waals surface area contributed by atoms with Gasteiger partial charge in [-0.2, -0.15) is 0 Å². The molecule has 0 amide bonds. The Bertz CT molecular complexity index is 1140. The smallest absolute Gasteiger partial charge is 0.253 e. The highest BCUT2D eigenvalue weighted by atomic mass is 32.1. The number of thiocarbonyl (C=S) groups is 1. The van der Waals surface area contributed by atoms with Gasteiger partial charge in [-0.05, 0) is 86.8 Å². The number of aromatic nitrogens is 1. The minimum Gasteiger partial charge on any atom is -0.494 e. The van der Waals surface area contributed by atoms with Gasteiger partial charge >= 0.3 is 0 Å². The van der Waals surface area contributed by atoms with Gasteiger partial charge in [-0.25, -0.2) is 0 Å². The maximum Gasteiger partial charge on any atom is 0.253 e. The van der Waals surface area contributed by atoms with Gasteiger partial charge in [0.25, 0.3) is 5.56 Å². The number of aryl methyl sites for hydroxylation is 1. The lowest BCUT2D eigenvalue weighted by Crippen LogP contribution is -2.40. The number of rotatable bonds is 7. The van der Waals surface area contributed by atoms with Gasteiger partial charge in [-0.15, -0.1) is 0 Å². The molecule has 1 unspecified atom stereocenters. The lowest BCUT2D eigenvalue weighted by molar-refractivity contribution is 0.0904. The molecule has 1 atom stereocenters. The van der Waals surface area contributed by atoms with Crippen LogP contribution >= 0.6 is 12.2 Å². The number of anilines is 1. The molecular weight excluding hydrogens is 422 g/mol. The standard InChI is InChI=1S/C25H29N3O3S/c1-3-30-21-9-7-20(8-10-21)26-25(32)28(16-22-5-4-12-31-22)15-19-14-18-13-17(2)6-11-23(18)27-24(19)29/h6-11,13-14,22H,3-5,12,15-16H2,1-2H3,(H,26,32)(H,27,29). The van der Waals surface area contributed by atoms with E-state index in [1.807, 2.05) is 61.2 Å². The molecule has 1 aliphatic heterocycles. The van der Waals surface area contributed by atoms with Crippen molar-refractivity contribution >= 4 is 33.9 Å². The minimum atomic E-state index is -0.0949. The molecule has 3 aromatic rings. The summed E-state index contributed by atoms with van der Waals surface area (Å²) in [5, 5.41) is 4.88. The normalized spacial score (nSPS) is 15.6. The maximum atomic E-state index is 12.8. The van der Waals surface area contributed by atoms with Crippen molar-refractivity contribution in [2.75, 3.05) is 25.1 Å². The van der Waals surface area contributed by atoms with E-state index in [2.05, 4.69) is 16.4 Å². The number of hydrogen-bond donors (Lipinski definition) is 2. The van der Waals surface area contributed by atoms with Crippen molar-refractivity contribution in [1.82, 2.24) is 9.88 Å². The van der Waals surface area contributed by atoms with E-state index in [-0.39, 0.29) is 11.7 Å². The van der Waals surface area contributed by atoms with Crippen molar-refractivity contribution in [1.29, 1.82) is 0 Å². The Hall–Kier alpha value is -2.90. The Labute approximate surface area is 193 Å². The van der Waals surface area contributed by atoms with Crippen LogP contribution in [0.3, 0.4) is 0 Å². The Balaban J connectivity index is 1.56. The van der Waals surface area contributed by atoms with Crippen LogP contribution in [0.25, 0.3) is 10.9 Å². The van der Waals surface area contributed by atoms with Crippen LogP contribution in [-0.4, -0.2) is 40.9 Å². The van der Waals surface area contributed by atoms with Crippen molar-refractivity contribution in [2.24, 2.45) is 0 Å². The van der Waals surface area contributed by atoms with Gasteiger partial charge in [0, 0.05) is 29.9 Å². The molecule has 32 heavy (non-hydrogen) atoms. The molecule has 6 nitrogen and oxygen atoms in total. The topological polar surface area (TPSA) is 66.6 Å². The van der Waals surface area contributed by atoms with E-state index < -0.39 is 0 Å². The van der Waals surface area contributed by atoms with Crippen LogP contribution in [0.15, 0.2) is 53.3 Å². The van der Waals surface area contributed by atoms with E-state index in [1.165, 1.54) is 0 Å². The monoisotopic (exact) mass is 451 g/mol. The van der Waals surface area contributed by atoms with Crippen LogP contribution in [0.4, 0.5) is 5.69 Å². The van der Waals surface area contributed by atoms with E-state index in [4.69, 9.17) is 21.7 Å². The van der Waals surface area contributed by atoms with Gasteiger partial charge in [-0.3, -0.25) is 4.79 Å². The predicted molar refractivity (Wildman–Crippen MR) is 133 cm³/mol. The number of benzene rings is 2. The summed E-state index contributed by atoms with van der Waals surface area (Å²) in [5.41, 5.74) is 3.45. The molecule has 0 spiro atoms. The Morgan fingerprint density at radius 1 is 1.25 bits per heavy atom. The fourth-order valence-electron chi connectivity index (χ4n) is 3.95. The summed E-state index contributed by atoms with van der Waals surface area (Å²) in [7, 11) is 0. The number of ether oxygens (including phenoxy) is 2. The van der Waals surface area contributed by atoms with Gasteiger partial charge in [0.15, 0.2) is 5.11 Å². The third-order valence-electron chi connectivity index (χ3n) is 5.59. The summed E-state index contributed by atoms with van der Waals surface area (Å²) < 4.78 is 11.4. The number of pyridine rings is 1. The molecule has 7 heteroatoms. The molecule has 168 valence electrons. The highest BCUT2D eigenvalue weighted by Gasteiger charge is 2.22. The Morgan fingerprint density at radius 3 is 2.78 bits per heavy atom. The quantitative estimate of drug-likeness (QED) is 0.511. The summed E-state index contributed by atoms with van der Waals surface area (Å²) >= 11 is 5.75. The number of nitrogens with one attached hydrogen (secondary N) is 2. The molecular formula is C25H29N3O3S. The van der Waals surface area contributed by atoms with Gasteiger partial charge in [0.05, 0.1) is 19.3 Å². The number of H-pyrrole nitrogens is 1. The Morgan fingerprint density at radius 2 is 2.06 bits per heavy atom. The largest absolute Gasteiger partial charge is 0.494 e. The summed E-state index contributed by atoms with van der Waals surface area (Å²) in [6.07, 6.45) is 2.15. The zero-order chi connectivity index (χ0) is 22.5. The highest BCUT2D eigenvalue weighted by molar-refractivity contribution is 7.80. The van der Waals surface area contributed by atoms with Crippen LogP contribution in [0, 0.1) is 6.92 Å². The zero-order valence-electron chi connectivity index (χ0n) is 18.5. The molecule has 1 fully saturated rings. The van der Waals surface area contributed by atoms with E-state index in [1.54, 1.807) is 0 Å². The molecule has 2 aromatic carbocycles. The first-order valence-electron chi connectivity index (χ1n) is 11.0. The molecule has 2 N–H and O–H groups in total. The summed E-state index contributed by atoms with van der Waals surface area (Å²) in [4.78, 5) is 17.8. The minimum absolute atomic E-state index is 0.0949. The SMILES string of the molecule is CCOc1ccc(NC(=S)N(Cc2cc3cc(C)ccc3[nH]c2=O)CC2CCCO2)cc1. The Kier molecular flexibility index (Phi) is 7.07. The van der Waals surface area contributed by atoms with Gasteiger partial charge in [-0.1, -0.05) is 11.6 Å². The van der Waals surface area contributed by atoms with Crippen molar-refractivity contribution in [2.45, 2.75) is 39.3 Å². The first-order valence-corrected chi connectivity index (χ1v) is 11.5. The molecule has 2 heterocycles. The lowest BCUT2D eigenvalue weighted by atomic mass is 10.1. The lowest BCUT2D eigenvalue weighted by Gasteiger charge is -2.28. The second-order valence-corrected chi connectivity index (χ2v) is 8.50. The van der Waals surface area contributed by atoms with Crippen molar-refractivity contribution < 1.29 is 9.47 Å². The first-order chi connectivity index (χ1) is 15.5. The van der Waals surface area contributed by atoms with Gasteiger partial charge in [0.1, 0.15) is 5.75 Å². The fraction of sp³-hybridized carbons (Fsp3) is 0.360. The molecule has 0 radical (unpaired) electrons. The molecule has 0 saturated carbocycles. The van der Waals surface area contributed by atoms with Crippen LogP contribution < -0.4 is 15.6 Å². The average molecular weight is 452 g/mol. The zero-order valence-corrected chi connectivity index (χ0v) is 19.3. The first kappa shape index (κ1) is 22.3. The summed E-state index contributed by atoms with van der Waals surface area (Å²) in [6.45, 7) is 6.44. The number of nitrogens with zero attached hydrogens (tertiary/aromatic N) is 1.